The zero-order valence-electron chi connectivity index (χ0n) is 19.4. The molecule has 2 aromatic rings. The Bertz CT molecular complexity index is 1370. The van der Waals surface area contributed by atoms with E-state index in [9.17, 15) is 29.7 Å². The Morgan fingerprint density at radius 3 is 2.61 bits per heavy atom. The number of Topliss-reactive ketones (excluding diaryl/α,β-unsaturated/α-hetero) is 2. The summed E-state index contributed by atoms with van der Waals surface area (Å²) in [6.45, 7) is 3.12. The second-order valence-electron chi connectivity index (χ2n) is 9.46. The van der Waals surface area contributed by atoms with E-state index >= 15 is 0 Å². The van der Waals surface area contributed by atoms with Gasteiger partial charge in [-0.15, -0.1) is 0 Å². The lowest BCUT2D eigenvalue weighted by Crippen LogP contribution is -2.48. The molecule has 0 amide bonds. The van der Waals surface area contributed by atoms with E-state index < -0.39 is 48.4 Å². The maximum atomic E-state index is 14.0. The summed E-state index contributed by atoms with van der Waals surface area (Å²) in [5, 5.41) is 30.9. The highest BCUT2D eigenvalue weighted by Crippen LogP contribution is 2.50. The van der Waals surface area contributed by atoms with Crippen LogP contribution in [0.15, 0.2) is 36.0 Å². The lowest BCUT2D eigenvalue weighted by atomic mass is 9.78. The van der Waals surface area contributed by atoms with Gasteiger partial charge in [0.25, 0.3) is 0 Å². The Kier molecular flexibility index (Phi) is 4.98. The summed E-state index contributed by atoms with van der Waals surface area (Å²) in [6.07, 6.45) is -4.83. The quantitative estimate of drug-likeness (QED) is 0.528. The molecule has 2 fully saturated rings. The number of nitrogens with zero attached hydrogens (tertiary/aromatic N) is 1. The van der Waals surface area contributed by atoms with Gasteiger partial charge in [-0.2, -0.15) is 0 Å². The van der Waals surface area contributed by atoms with Gasteiger partial charge in [0.05, 0.1) is 23.3 Å². The van der Waals surface area contributed by atoms with Gasteiger partial charge in [0.2, 0.25) is 18.3 Å². The van der Waals surface area contributed by atoms with E-state index in [1.807, 2.05) is 0 Å². The molecule has 36 heavy (non-hydrogen) atoms. The number of allylic oxidation sites excluding steroid dienone is 2. The van der Waals surface area contributed by atoms with Gasteiger partial charge in [0.15, 0.2) is 5.78 Å². The van der Waals surface area contributed by atoms with Crippen LogP contribution in [0.4, 0.5) is 0 Å². The van der Waals surface area contributed by atoms with Crippen molar-refractivity contribution in [3.63, 3.8) is 0 Å². The van der Waals surface area contributed by atoms with Crippen molar-refractivity contribution in [3.05, 3.63) is 63.8 Å². The standard InChI is InChI=1S/C26H23NO9/c1-10-6-13-19(14(28)7-10)21-22(27-9-17(30)36-26(13)27)25(33)20-12(24(21)32)4-3-5-16(20)35-18-8-15(29)23(31)11(2)34-18/h3-7,11,15,18,23,26,28-29,31H,8-9H2,1-2H3/t11-,15+,18-,23-,26-/m0/s1. The molecule has 0 spiro atoms. The van der Waals surface area contributed by atoms with E-state index in [1.165, 1.54) is 23.1 Å². The van der Waals surface area contributed by atoms with E-state index in [0.717, 1.165) is 0 Å². The van der Waals surface area contributed by atoms with Crippen molar-refractivity contribution in [1.82, 2.24) is 4.90 Å². The normalized spacial score (nSPS) is 28.8. The lowest BCUT2D eigenvalue weighted by Gasteiger charge is -2.38. The summed E-state index contributed by atoms with van der Waals surface area (Å²) in [5.41, 5.74) is 1.35. The predicted molar refractivity (Wildman–Crippen MR) is 122 cm³/mol. The number of rotatable bonds is 2. The molecule has 4 aliphatic rings. The number of ketones is 2. The molecule has 3 N–H and O–H groups in total. The SMILES string of the molecule is Cc1cc(O)c2c(c1)[C@@H]1OC(=O)CN1C1=C2C(=O)c2cccc(O[C@H]3C[C@@H](O)[C@@H](O)[C@H](C)O3)c2C1=O. The molecule has 2 aromatic carbocycles. The van der Waals surface area contributed by atoms with Crippen LogP contribution in [0.25, 0.3) is 5.57 Å². The summed E-state index contributed by atoms with van der Waals surface area (Å²) in [5.74, 6) is -1.74. The number of aryl methyl sites for hydroxylation is 1. The van der Waals surface area contributed by atoms with Gasteiger partial charge in [0.1, 0.15) is 29.8 Å². The lowest BCUT2D eigenvalue weighted by molar-refractivity contribution is -0.216. The first kappa shape index (κ1) is 22.7. The van der Waals surface area contributed by atoms with Crippen LogP contribution >= 0.6 is 0 Å². The first-order chi connectivity index (χ1) is 17.2. The van der Waals surface area contributed by atoms with E-state index in [-0.39, 0.29) is 52.4 Å². The average molecular weight is 493 g/mol. The van der Waals surface area contributed by atoms with Crippen LogP contribution in [0.3, 0.4) is 0 Å². The van der Waals surface area contributed by atoms with E-state index in [0.29, 0.717) is 11.1 Å². The zero-order valence-corrected chi connectivity index (χ0v) is 19.4. The maximum Gasteiger partial charge on any atom is 0.327 e. The number of carbonyl (C=O) groups excluding carboxylic acids is 3. The van der Waals surface area contributed by atoms with Gasteiger partial charge < -0.3 is 34.4 Å². The highest BCUT2D eigenvalue weighted by atomic mass is 16.7. The fraction of sp³-hybridized carbons (Fsp3) is 0.346. The molecule has 3 aliphatic heterocycles. The fourth-order valence-corrected chi connectivity index (χ4v) is 5.41. The van der Waals surface area contributed by atoms with Crippen LogP contribution < -0.4 is 4.74 Å². The van der Waals surface area contributed by atoms with Crippen molar-refractivity contribution in [2.75, 3.05) is 6.54 Å². The molecule has 10 nitrogen and oxygen atoms in total. The molecule has 0 unspecified atom stereocenters. The summed E-state index contributed by atoms with van der Waals surface area (Å²) in [6, 6.07) is 7.79. The van der Waals surface area contributed by atoms with E-state index in [1.54, 1.807) is 26.0 Å². The molecule has 6 rings (SSSR count). The van der Waals surface area contributed by atoms with Crippen molar-refractivity contribution >= 4 is 23.1 Å². The number of phenolic OH excluding ortho intramolecular Hbond substituents is 1. The molecule has 0 aromatic heterocycles. The number of aromatic hydroxyl groups is 1. The van der Waals surface area contributed by atoms with Crippen LogP contribution in [0.5, 0.6) is 11.5 Å². The summed E-state index contributed by atoms with van der Waals surface area (Å²) in [7, 11) is 0. The van der Waals surface area contributed by atoms with Gasteiger partial charge in [-0.25, -0.2) is 0 Å². The van der Waals surface area contributed by atoms with Crippen LogP contribution in [0.1, 0.15) is 57.0 Å². The number of aliphatic hydroxyl groups excluding tert-OH is 2. The number of phenols is 1. The smallest absolute Gasteiger partial charge is 0.327 e. The van der Waals surface area contributed by atoms with Crippen molar-refractivity contribution in [1.29, 1.82) is 0 Å². The van der Waals surface area contributed by atoms with Crippen molar-refractivity contribution in [3.8, 4) is 11.5 Å². The third kappa shape index (κ3) is 3.18. The molecule has 0 radical (unpaired) electrons. The van der Waals surface area contributed by atoms with Gasteiger partial charge >= 0.3 is 5.97 Å². The van der Waals surface area contributed by atoms with Crippen molar-refractivity contribution in [2.24, 2.45) is 0 Å². The minimum absolute atomic E-state index is 0.00721. The molecule has 1 aliphatic carbocycles. The summed E-state index contributed by atoms with van der Waals surface area (Å²) < 4.78 is 17.1. The number of hydrogen-bond donors (Lipinski definition) is 3. The van der Waals surface area contributed by atoms with Crippen molar-refractivity contribution in [2.45, 2.75) is 51.1 Å². The molecule has 3 heterocycles. The molecule has 186 valence electrons. The largest absolute Gasteiger partial charge is 0.507 e. The Morgan fingerprint density at radius 1 is 1.08 bits per heavy atom. The minimum atomic E-state index is -1.08. The number of ether oxygens (including phenoxy) is 3. The molecule has 10 heteroatoms. The second-order valence-corrected chi connectivity index (χ2v) is 9.46. The fourth-order valence-electron chi connectivity index (χ4n) is 5.41. The van der Waals surface area contributed by atoms with Gasteiger partial charge in [-0.3, -0.25) is 14.4 Å². The second kappa shape index (κ2) is 7.89. The van der Waals surface area contributed by atoms with Gasteiger partial charge in [0, 0.05) is 23.1 Å². The van der Waals surface area contributed by atoms with Crippen LogP contribution in [0.2, 0.25) is 0 Å². The molecule has 0 bridgehead atoms. The number of benzene rings is 2. The summed E-state index contributed by atoms with van der Waals surface area (Å²) in [4.78, 5) is 41.5. The number of fused-ring (bicyclic) bond motifs is 6. The van der Waals surface area contributed by atoms with E-state index in [2.05, 4.69) is 0 Å². The molecular weight excluding hydrogens is 470 g/mol. The number of aliphatic hydroxyl groups is 2. The average Bonchev–Trinajstić information content (AvgIpc) is 3.21. The van der Waals surface area contributed by atoms with Crippen LogP contribution in [0, 0.1) is 6.92 Å². The highest BCUT2D eigenvalue weighted by molar-refractivity contribution is 6.41. The molecule has 0 saturated carbocycles. The summed E-state index contributed by atoms with van der Waals surface area (Å²) >= 11 is 0. The van der Waals surface area contributed by atoms with Crippen LogP contribution in [-0.4, -0.2) is 68.9 Å². The third-order valence-corrected chi connectivity index (χ3v) is 7.03. The maximum absolute atomic E-state index is 14.0. The number of hydrogen-bond acceptors (Lipinski definition) is 10. The predicted octanol–water partition coefficient (Wildman–Crippen LogP) is 1.60. The Labute approximate surface area is 205 Å². The highest BCUT2D eigenvalue weighted by Gasteiger charge is 2.50. The number of carbonyl (C=O) groups is 3. The van der Waals surface area contributed by atoms with Crippen LogP contribution in [-0.2, 0) is 14.3 Å². The molecular formula is C26H23NO9. The monoisotopic (exact) mass is 493 g/mol. The Balaban J connectivity index is 1.48. The van der Waals surface area contributed by atoms with Gasteiger partial charge in [-0.05, 0) is 37.6 Å². The third-order valence-electron chi connectivity index (χ3n) is 7.03. The molecule has 2 saturated heterocycles. The molecule has 5 atom stereocenters. The first-order valence-corrected chi connectivity index (χ1v) is 11.6. The topological polar surface area (TPSA) is 143 Å². The Hall–Kier alpha value is -3.73. The minimum Gasteiger partial charge on any atom is -0.507 e. The first-order valence-electron chi connectivity index (χ1n) is 11.6. The zero-order chi connectivity index (χ0) is 25.5. The van der Waals surface area contributed by atoms with E-state index in [4.69, 9.17) is 14.2 Å². The van der Waals surface area contributed by atoms with Crippen molar-refractivity contribution < 1.29 is 43.9 Å². The van der Waals surface area contributed by atoms with Gasteiger partial charge in [-0.1, -0.05) is 12.1 Å². The number of esters is 1. The Morgan fingerprint density at radius 2 is 1.86 bits per heavy atom.